The fraction of sp³-hybridized carbons (Fsp3) is 0.409. The third-order valence-electron chi connectivity index (χ3n) is 4.83. The van der Waals surface area contributed by atoms with Gasteiger partial charge >= 0.3 is 0 Å². The van der Waals surface area contributed by atoms with E-state index in [0.29, 0.717) is 13.1 Å². The van der Waals surface area contributed by atoms with Crippen LogP contribution in [0, 0.1) is 0 Å². The predicted octanol–water partition coefficient (Wildman–Crippen LogP) is 1.71. The Morgan fingerprint density at radius 2 is 1.48 bits per heavy atom. The van der Waals surface area contributed by atoms with Crippen molar-refractivity contribution in [2.45, 2.75) is 13.1 Å². The van der Waals surface area contributed by atoms with Crippen LogP contribution in [0.25, 0.3) is 0 Å². The van der Waals surface area contributed by atoms with E-state index in [0.717, 1.165) is 45.8 Å². The number of carbonyl (C=O) groups is 1. The van der Waals surface area contributed by atoms with E-state index in [2.05, 4.69) is 44.7 Å². The molecule has 2 aromatic carbocycles. The molecular weight excluding hydrogens is 336 g/mol. The summed E-state index contributed by atoms with van der Waals surface area (Å²) in [5.74, 6) is 0.0944. The molecule has 0 unspecified atom stereocenters. The quantitative estimate of drug-likeness (QED) is 0.709. The third-order valence-corrected chi connectivity index (χ3v) is 4.83. The molecule has 5 heteroatoms. The van der Waals surface area contributed by atoms with Gasteiger partial charge in [0.25, 0.3) is 0 Å². The molecule has 0 aliphatic carbocycles. The highest BCUT2D eigenvalue weighted by atomic mass is 16.2. The molecular formula is C22H30N4O. The number of amides is 1. The number of nitrogens with one attached hydrogen (secondary N) is 2. The van der Waals surface area contributed by atoms with Crippen LogP contribution in [0.4, 0.5) is 0 Å². The van der Waals surface area contributed by atoms with Gasteiger partial charge in [-0.1, -0.05) is 60.7 Å². The largest absolute Gasteiger partial charge is 0.354 e. The van der Waals surface area contributed by atoms with Gasteiger partial charge in [-0.25, -0.2) is 0 Å². The lowest BCUT2D eigenvalue weighted by Gasteiger charge is -2.27. The van der Waals surface area contributed by atoms with Gasteiger partial charge < -0.3 is 10.6 Å². The van der Waals surface area contributed by atoms with E-state index < -0.39 is 0 Å². The molecule has 0 saturated carbocycles. The summed E-state index contributed by atoms with van der Waals surface area (Å²) in [7, 11) is 0. The molecule has 0 atom stereocenters. The van der Waals surface area contributed by atoms with Crippen molar-refractivity contribution in [2.24, 2.45) is 0 Å². The summed E-state index contributed by atoms with van der Waals surface area (Å²) in [6, 6.07) is 20.7. The number of rotatable bonds is 9. The highest BCUT2D eigenvalue weighted by Crippen LogP contribution is 2.09. The molecule has 0 aromatic heterocycles. The number of hydrogen-bond acceptors (Lipinski definition) is 4. The van der Waals surface area contributed by atoms with E-state index >= 15 is 0 Å². The van der Waals surface area contributed by atoms with Gasteiger partial charge in [0.05, 0.1) is 6.54 Å². The summed E-state index contributed by atoms with van der Waals surface area (Å²) in [5.41, 5.74) is 2.45. The fourth-order valence-electron chi connectivity index (χ4n) is 3.40. The molecule has 144 valence electrons. The topological polar surface area (TPSA) is 47.6 Å². The summed E-state index contributed by atoms with van der Waals surface area (Å²) in [6.45, 7) is 7.77. The summed E-state index contributed by atoms with van der Waals surface area (Å²) in [4.78, 5) is 17.1. The molecule has 0 spiro atoms. The van der Waals surface area contributed by atoms with Crippen LogP contribution >= 0.6 is 0 Å². The maximum atomic E-state index is 12.5. The van der Waals surface area contributed by atoms with Crippen LogP contribution in [0.2, 0.25) is 0 Å². The van der Waals surface area contributed by atoms with E-state index in [1.54, 1.807) is 0 Å². The summed E-state index contributed by atoms with van der Waals surface area (Å²) < 4.78 is 0. The van der Waals surface area contributed by atoms with Crippen molar-refractivity contribution >= 4 is 5.91 Å². The van der Waals surface area contributed by atoms with Gasteiger partial charge in [0.2, 0.25) is 5.91 Å². The Bertz CT molecular complexity index is 630. The Labute approximate surface area is 162 Å². The summed E-state index contributed by atoms with van der Waals surface area (Å²) >= 11 is 0. The summed E-state index contributed by atoms with van der Waals surface area (Å²) in [5, 5.41) is 6.44. The van der Waals surface area contributed by atoms with Crippen LogP contribution in [-0.4, -0.2) is 61.5 Å². The molecule has 2 N–H and O–H groups in total. The Kier molecular flexibility index (Phi) is 7.84. The number of nitrogens with zero attached hydrogens (tertiary/aromatic N) is 2. The second-order valence-corrected chi connectivity index (χ2v) is 7.06. The van der Waals surface area contributed by atoms with Crippen LogP contribution in [0.15, 0.2) is 60.7 Å². The van der Waals surface area contributed by atoms with Crippen LogP contribution in [0.3, 0.4) is 0 Å². The zero-order valence-electron chi connectivity index (χ0n) is 15.9. The van der Waals surface area contributed by atoms with E-state index in [1.807, 2.05) is 36.4 Å². The van der Waals surface area contributed by atoms with E-state index in [9.17, 15) is 4.79 Å². The number of piperazine rings is 1. The third kappa shape index (κ3) is 7.13. The zero-order valence-corrected chi connectivity index (χ0v) is 15.9. The van der Waals surface area contributed by atoms with Crippen molar-refractivity contribution in [2.75, 3.05) is 45.8 Å². The fourth-order valence-corrected chi connectivity index (χ4v) is 3.40. The minimum Gasteiger partial charge on any atom is -0.354 e. The van der Waals surface area contributed by atoms with Gasteiger partial charge in [-0.3, -0.25) is 14.6 Å². The van der Waals surface area contributed by atoms with Crippen LogP contribution < -0.4 is 10.6 Å². The second-order valence-electron chi connectivity index (χ2n) is 7.06. The van der Waals surface area contributed by atoms with Gasteiger partial charge in [-0.15, -0.1) is 0 Å². The van der Waals surface area contributed by atoms with Crippen molar-refractivity contribution in [1.82, 2.24) is 20.4 Å². The van der Waals surface area contributed by atoms with Gasteiger partial charge in [0.15, 0.2) is 0 Å². The maximum absolute atomic E-state index is 12.5. The first kappa shape index (κ1) is 19.5. The van der Waals surface area contributed by atoms with Gasteiger partial charge in [-0.05, 0) is 11.1 Å². The molecule has 5 nitrogen and oxygen atoms in total. The average Bonchev–Trinajstić information content (AvgIpc) is 2.70. The predicted molar refractivity (Wildman–Crippen MR) is 109 cm³/mol. The molecule has 1 fully saturated rings. The van der Waals surface area contributed by atoms with Gasteiger partial charge in [0, 0.05) is 52.4 Å². The van der Waals surface area contributed by atoms with E-state index in [1.165, 1.54) is 11.1 Å². The Balaban J connectivity index is 1.50. The number of carbonyl (C=O) groups excluding carboxylic acids is 1. The summed E-state index contributed by atoms with van der Waals surface area (Å²) in [6.07, 6.45) is 0. The van der Waals surface area contributed by atoms with Crippen molar-refractivity contribution in [3.8, 4) is 0 Å². The highest BCUT2D eigenvalue weighted by molar-refractivity contribution is 5.78. The maximum Gasteiger partial charge on any atom is 0.234 e. The standard InChI is InChI=1S/C22H30N4O/c27-22(24-13-16-25-14-11-23-12-15-25)19-26(17-20-7-3-1-4-8-20)18-21-9-5-2-6-10-21/h1-10,23H,11-19H2,(H,24,27). The molecule has 0 bridgehead atoms. The Morgan fingerprint density at radius 3 is 2.04 bits per heavy atom. The van der Waals surface area contributed by atoms with Gasteiger partial charge in [0.1, 0.15) is 0 Å². The number of benzene rings is 2. The first-order valence-corrected chi connectivity index (χ1v) is 9.79. The lowest BCUT2D eigenvalue weighted by molar-refractivity contribution is -0.122. The SMILES string of the molecule is O=C(CN(Cc1ccccc1)Cc1ccccc1)NCCN1CCNCC1. The minimum atomic E-state index is 0.0944. The zero-order chi connectivity index (χ0) is 18.7. The van der Waals surface area contributed by atoms with Crippen molar-refractivity contribution in [1.29, 1.82) is 0 Å². The number of hydrogen-bond donors (Lipinski definition) is 2. The molecule has 1 aliphatic heterocycles. The molecule has 3 rings (SSSR count). The van der Waals surface area contributed by atoms with Crippen LogP contribution in [-0.2, 0) is 17.9 Å². The highest BCUT2D eigenvalue weighted by Gasteiger charge is 2.13. The van der Waals surface area contributed by atoms with Crippen LogP contribution in [0.1, 0.15) is 11.1 Å². The molecule has 0 radical (unpaired) electrons. The van der Waals surface area contributed by atoms with Crippen molar-refractivity contribution < 1.29 is 4.79 Å². The van der Waals surface area contributed by atoms with Gasteiger partial charge in [-0.2, -0.15) is 0 Å². The van der Waals surface area contributed by atoms with Crippen molar-refractivity contribution in [3.05, 3.63) is 71.8 Å². The molecule has 1 heterocycles. The second kappa shape index (κ2) is 10.8. The van der Waals surface area contributed by atoms with E-state index in [4.69, 9.17) is 0 Å². The lowest BCUT2D eigenvalue weighted by Crippen LogP contribution is -2.47. The minimum absolute atomic E-state index is 0.0944. The molecule has 1 saturated heterocycles. The smallest absolute Gasteiger partial charge is 0.234 e. The van der Waals surface area contributed by atoms with E-state index in [-0.39, 0.29) is 5.91 Å². The lowest BCUT2D eigenvalue weighted by atomic mass is 10.1. The monoisotopic (exact) mass is 366 g/mol. The Morgan fingerprint density at radius 1 is 0.926 bits per heavy atom. The Hall–Kier alpha value is -2.21. The average molecular weight is 367 g/mol. The first-order chi connectivity index (χ1) is 13.3. The normalized spacial score (nSPS) is 15.0. The van der Waals surface area contributed by atoms with Crippen LogP contribution in [0.5, 0.6) is 0 Å². The first-order valence-electron chi connectivity index (χ1n) is 9.79. The molecule has 1 aliphatic rings. The molecule has 1 amide bonds. The van der Waals surface area contributed by atoms with Crippen molar-refractivity contribution in [3.63, 3.8) is 0 Å². The molecule has 27 heavy (non-hydrogen) atoms. The molecule has 2 aromatic rings.